The molecular formula is C12H22N2OS. The lowest BCUT2D eigenvalue weighted by Crippen LogP contribution is -2.40. The van der Waals surface area contributed by atoms with Gasteiger partial charge >= 0.3 is 0 Å². The van der Waals surface area contributed by atoms with Crippen LogP contribution in [0.15, 0.2) is 0 Å². The second-order valence-corrected chi connectivity index (χ2v) is 6.23. The van der Waals surface area contributed by atoms with Crippen LogP contribution in [0.4, 0.5) is 0 Å². The minimum atomic E-state index is 0.0814. The number of rotatable bonds is 3. The lowest BCUT2D eigenvalue weighted by atomic mass is 10.0. The van der Waals surface area contributed by atoms with Crippen molar-refractivity contribution in [3.63, 3.8) is 0 Å². The molecule has 92 valence electrons. The van der Waals surface area contributed by atoms with Crippen LogP contribution in [-0.2, 0) is 4.79 Å². The molecule has 1 heterocycles. The first-order valence-electron chi connectivity index (χ1n) is 6.38. The monoisotopic (exact) mass is 242 g/mol. The molecule has 0 aromatic carbocycles. The largest absolute Gasteiger partial charge is 0.356 e. The molecule has 1 aliphatic heterocycles. The van der Waals surface area contributed by atoms with E-state index in [9.17, 15) is 4.79 Å². The number of carbonyl (C=O) groups excluding carboxylic acids is 1. The van der Waals surface area contributed by atoms with E-state index in [1.807, 2.05) is 11.8 Å². The van der Waals surface area contributed by atoms with Crippen molar-refractivity contribution in [2.45, 2.75) is 38.1 Å². The third-order valence-corrected chi connectivity index (χ3v) is 4.86. The van der Waals surface area contributed by atoms with E-state index in [1.54, 1.807) is 0 Å². The number of carbonyl (C=O) groups is 1. The molecule has 1 saturated heterocycles. The molecule has 16 heavy (non-hydrogen) atoms. The highest BCUT2D eigenvalue weighted by Crippen LogP contribution is 2.25. The second kappa shape index (κ2) is 5.92. The minimum absolute atomic E-state index is 0.0814. The summed E-state index contributed by atoms with van der Waals surface area (Å²) in [5, 5.41) is 3.10. The lowest BCUT2D eigenvalue weighted by Gasteiger charge is -2.23. The van der Waals surface area contributed by atoms with Gasteiger partial charge in [0.05, 0.1) is 5.92 Å². The first-order chi connectivity index (χ1) is 7.77. The summed E-state index contributed by atoms with van der Waals surface area (Å²) in [6, 6.07) is 0.0990. The summed E-state index contributed by atoms with van der Waals surface area (Å²) < 4.78 is 0. The van der Waals surface area contributed by atoms with Crippen molar-refractivity contribution in [3.05, 3.63) is 0 Å². The zero-order valence-electron chi connectivity index (χ0n) is 9.78. The van der Waals surface area contributed by atoms with E-state index in [2.05, 4.69) is 5.32 Å². The van der Waals surface area contributed by atoms with Crippen LogP contribution in [0.25, 0.3) is 0 Å². The van der Waals surface area contributed by atoms with E-state index in [4.69, 9.17) is 5.73 Å². The highest BCUT2D eigenvalue weighted by Gasteiger charge is 2.30. The van der Waals surface area contributed by atoms with E-state index in [0.29, 0.717) is 5.92 Å². The summed E-state index contributed by atoms with van der Waals surface area (Å²) in [4.78, 5) is 11.9. The third kappa shape index (κ3) is 3.14. The van der Waals surface area contributed by atoms with Crippen molar-refractivity contribution in [1.29, 1.82) is 0 Å². The molecule has 1 amide bonds. The van der Waals surface area contributed by atoms with Crippen molar-refractivity contribution in [1.82, 2.24) is 5.32 Å². The minimum Gasteiger partial charge on any atom is -0.356 e. The predicted octanol–water partition coefficient (Wildman–Crippen LogP) is 1.37. The van der Waals surface area contributed by atoms with Crippen LogP contribution in [0.3, 0.4) is 0 Å². The fourth-order valence-corrected chi connectivity index (χ4v) is 3.84. The molecule has 0 spiro atoms. The standard InChI is InChI=1S/C12H22N2OS/c13-11-3-1-2-10(11)12(15)14-8-9-4-6-16-7-5-9/h9-11H,1-8,13H2,(H,14,15). The van der Waals surface area contributed by atoms with Crippen LogP contribution in [0.1, 0.15) is 32.1 Å². The number of thioether (sulfide) groups is 1. The maximum atomic E-state index is 11.9. The average Bonchev–Trinajstić information content (AvgIpc) is 2.74. The molecule has 2 fully saturated rings. The van der Waals surface area contributed by atoms with Gasteiger partial charge in [0.15, 0.2) is 0 Å². The number of hydrogen-bond acceptors (Lipinski definition) is 3. The Labute approximate surface area is 102 Å². The topological polar surface area (TPSA) is 55.1 Å². The van der Waals surface area contributed by atoms with Gasteiger partial charge in [-0.2, -0.15) is 11.8 Å². The number of amides is 1. The molecule has 2 unspecified atom stereocenters. The van der Waals surface area contributed by atoms with Crippen molar-refractivity contribution in [3.8, 4) is 0 Å². The Bertz CT molecular complexity index is 241. The van der Waals surface area contributed by atoms with Gasteiger partial charge in [0.1, 0.15) is 0 Å². The zero-order chi connectivity index (χ0) is 11.4. The highest BCUT2D eigenvalue weighted by atomic mass is 32.2. The average molecular weight is 242 g/mol. The number of nitrogens with one attached hydrogen (secondary N) is 1. The molecule has 1 aliphatic carbocycles. The van der Waals surface area contributed by atoms with E-state index in [1.165, 1.54) is 24.3 Å². The second-order valence-electron chi connectivity index (χ2n) is 5.00. The molecule has 2 rings (SSSR count). The molecule has 0 aromatic rings. The SMILES string of the molecule is NC1CCCC1C(=O)NCC1CCSCC1. The smallest absolute Gasteiger partial charge is 0.224 e. The van der Waals surface area contributed by atoms with Gasteiger partial charge in [-0.3, -0.25) is 4.79 Å². The summed E-state index contributed by atoms with van der Waals surface area (Å²) in [5.74, 6) is 3.48. The summed E-state index contributed by atoms with van der Waals surface area (Å²) >= 11 is 2.03. The lowest BCUT2D eigenvalue weighted by molar-refractivity contribution is -0.125. The fraction of sp³-hybridized carbons (Fsp3) is 0.917. The Morgan fingerprint density at radius 1 is 1.25 bits per heavy atom. The first kappa shape index (κ1) is 12.2. The molecule has 0 bridgehead atoms. The summed E-state index contributed by atoms with van der Waals surface area (Å²) in [5.41, 5.74) is 5.92. The Hall–Kier alpha value is -0.220. The van der Waals surface area contributed by atoms with Gasteiger partial charge < -0.3 is 11.1 Å². The number of nitrogens with two attached hydrogens (primary N) is 1. The molecule has 2 atom stereocenters. The molecule has 2 aliphatic rings. The van der Waals surface area contributed by atoms with Gasteiger partial charge in [-0.05, 0) is 43.1 Å². The van der Waals surface area contributed by atoms with Crippen LogP contribution in [0.5, 0.6) is 0 Å². The molecule has 0 aromatic heterocycles. The molecule has 3 nitrogen and oxygen atoms in total. The normalized spacial score (nSPS) is 31.6. The van der Waals surface area contributed by atoms with Gasteiger partial charge in [-0.25, -0.2) is 0 Å². The van der Waals surface area contributed by atoms with Crippen LogP contribution in [0.2, 0.25) is 0 Å². The van der Waals surface area contributed by atoms with Gasteiger partial charge in [0.25, 0.3) is 0 Å². The van der Waals surface area contributed by atoms with Gasteiger partial charge in [-0.1, -0.05) is 6.42 Å². The van der Waals surface area contributed by atoms with Gasteiger partial charge in [0.2, 0.25) is 5.91 Å². The Balaban J connectivity index is 1.70. The van der Waals surface area contributed by atoms with Crippen LogP contribution in [-0.4, -0.2) is 30.0 Å². The molecule has 1 saturated carbocycles. The maximum Gasteiger partial charge on any atom is 0.224 e. The molecule has 3 N–H and O–H groups in total. The predicted molar refractivity (Wildman–Crippen MR) is 68.4 cm³/mol. The summed E-state index contributed by atoms with van der Waals surface area (Å²) in [6.45, 7) is 0.864. The molecular weight excluding hydrogens is 220 g/mol. The van der Waals surface area contributed by atoms with E-state index < -0.39 is 0 Å². The van der Waals surface area contributed by atoms with Gasteiger partial charge in [0, 0.05) is 12.6 Å². The van der Waals surface area contributed by atoms with Crippen LogP contribution in [0, 0.1) is 11.8 Å². The van der Waals surface area contributed by atoms with Crippen molar-refractivity contribution >= 4 is 17.7 Å². The Morgan fingerprint density at radius 2 is 2.00 bits per heavy atom. The third-order valence-electron chi connectivity index (χ3n) is 3.81. The van der Waals surface area contributed by atoms with Gasteiger partial charge in [-0.15, -0.1) is 0 Å². The van der Waals surface area contributed by atoms with E-state index in [0.717, 1.165) is 25.8 Å². The molecule has 0 radical (unpaired) electrons. The zero-order valence-corrected chi connectivity index (χ0v) is 10.6. The molecule has 4 heteroatoms. The van der Waals surface area contributed by atoms with E-state index >= 15 is 0 Å². The van der Waals surface area contributed by atoms with Crippen LogP contribution >= 0.6 is 11.8 Å². The fourth-order valence-electron chi connectivity index (χ4n) is 2.64. The highest BCUT2D eigenvalue weighted by molar-refractivity contribution is 7.99. The van der Waals surface area contributed by atoms with E-state index in [-0.39, 0.29) is 17.9 Å². The van der Waals surface area contributed by atoms with Crippen LogP contribution < -0.4 is 11.1 Å². The van der Waals surface area contributed by atoms with Crippen molar-refractivity contribution < 1.29 is 4.79 Å². The summed E-state index contributed by atoms with van der Waals surface area (Å²) in [6.07, 6.45) is 5.61. The Morgan fingerprint density at radius 3 is 2.62 bits per heavy atom. The quantitative estimate of drug-likeness (QED) is 0.786. The first-order valence-corrected chi connectivity index (χ1v) is 7.54. The summed E-state index contributed by atoms with van der Waals surface area (Å²) in [7, 11) is 0. The van der Waals surface area contributed by atoms with Crippen molar-refractivity contribution in [2.75, 3.05) is 18.1 Å². The Kier molecular flexibility index (Phi) is 4.53. The maximum absolute atomic E-state index is 11.9. The van der Waals surface area contributed by atoms with Crippen molar-refractivity contribution in [2.24, 2.45) is 17.6 Å². The number of hydrogen-bond donors (Lipinski definition) is 2.